The Kier molecular flexibility index (Phi) is 5.32. The van der Waals surface area contributed by atoms with Crippen molar-refractivity contribution in [3.05, 3.63) is 54.1 Å². The lowest BCUT2D eigenvalue weighted by Crippen LogP contribution is -2.26. The van der Waals surface area contributed by atoms with Crippen molar-refractivity contribution in [2.24, 2.45) is 0 Å². The van der Waals surface area contributed by atoms with Crippen molar-refractivity contribution in [3.8, 4) is 5.75 Å². The Morgan fingerprint density at radius 1 is 1.11 bits per heavy atom. The highest BCUT2D eigenvalue weighted by Gasteiger charge is 2.29. The molecule has 1 aliphatic heterocycles. The maximum absolute atomic E-state index is 12.3. The average Bonchev–Trinajstić information content (AvgIpc) is 3.01. The Morgan fingerprint density at radius 3 is 2.78 bits per heavy atom. The molecule has 0 unspecified atom stereocenters. The van der Waals surface area contributed by atoms with Gasteiger partial charge in [0.05, 0.1) is 12.5 Å². The van der Waals surface area contributed by atoms with Crippen LogP contribution in [0.3, 0.4) is 0 Å². The summed E-state index contributed by atoms with van der Waals surface area (Å²) >= 11 is 0. The molecule has 0 saturated carbocycles. The molecule has 2 atom stereocenters. The number of hydrogen-bond acceptors (Lipinski definition) is 5. The van der Waals surface area contributed by atoms with Crippen molar-refractivity contribution < 1.29 is 23.8 Å². The molecule has 1 aliphatic carbocycles. The second-order valence-corrected chi connectivity index (χ2v) is 6.95. The van der Waals surface area contributed by atoms with E-state index in [1.54, 1.807) is 12.1 Å². The molecule has 0 bridgehead atoms. The standard InChI is InChI=1S/C22H22O5/c23-20-14-19(27-22-7-3-4-10-25-22)12-17(20)13-21(24)26-18-9-8-15-5-1-2-6-16(15)11-18/h1-2,5-6,8-9,11-12,19,22H,3-4,7,10,13-14H2/t19-,22+/m0/s1. The third-order valence-electron chi connectivity index (χ3n) is 4.88. The average molecular weight is 366 g/mol. The van der Waals surface area contributed by atoms with Crippen LogP contribution in [-0.4, -0.2) is 30.8 Å². The third-order valence-corrected chi connectivity index (χ3v) is 4.88. The maximum Gasteiger partial charge on any atom is 0.315 e. The van der Waals surface area contributed by atoms with E-state index in [9.17, 15) is 9.59 Å². The Morgan fingerprint density at radius 2 is 1.96 bits per heavy atom. The molecule has 0 spiro atoms. The van der Waals surface area contributed by atoms with Crippen LogP contribution >= 0.6 is 0 Å². The van der Waals surface area contributed by atoms with Gasteiger partial charge in [-0.25, -0.2) is 0 Å². The Labute approximate surface area is 157 Å². The summed E-state index contributed by atoms with van der Waals surface area (Å²) in [7, 11) is 0. The summed E-state index contributed by atoms with van der Waals surface area (Å²) in [6.45, 7) is 0.694. The highest BCUT2D eigenvalue weighted by atomic mass is 16.7. The van der Waals surface area contributed by atoms with Crippen molar-refractivity contribution >= 4 is 22.5 Å². The van der Waals surface area contributed by atoms with Crippen LogP contribution in [0.4, 0.5) is 0 Å². The van der Waals surface area contributed by atoms with E-state index in [4.69, 9.17) is 14.2 Å². The molecular formula is C22H22O5. The predicted octanol–water partition coefficient (Wildman–Crippen LogP) is 3.95. The number of Topliss-reactive ketones (excluding diaryl/α,β-unsaturated/α-hetero) is 1. The Hall–Kier alpha value is -2.50. The van der Waals surface area contributed by atoms with Crippen LogP contribution in [0.1, 0.15) is 32.1 Å². The summed E-state index contributed by atoms with van der Waals surface area (Å²) in [4.78, 5) is 24.5. The van der Waals surface area contributed by atoms with Gasteiger partial charge >= 0.3 is 5.97 Å². The first kappa shape index (κ1) is 17.9. The minimum absolute atomic E-state index is 0.0446. The number of ketones is 1. The minimum Gasteiger partial charge on any atom is -0.426 e. The first-order chi connectivity index (χ1) is 13.2. The van der Waals surface area contributed by atoms with Gasteiger partial charge in [-0.15, -0.1) is 0 Å². The highest BCUT2D eigenvalue weighted by molar-refractivity contribution is 6.02. The number of ether oxygens (including phenoxy) is 3. The lowest BCUT2D eigenvalue weighted by Gasteiger charge is -2.24. The van der Waals surface area contributed by atoms with Crippen molar-refractivity contribution in [1.82, 2.24) is 0 Å². The molecule has 1 heterocycles. The summed E-state index contributed by atoms with van der Waals surface area (Å²) in [6, 6.07) is 13.4. The van der Waals surface area contributed by atoms with Crippen molar-refractivity contribution in [2.45, 2.75) is 44.5 Å². The van der Waals surface area contributed by atoms with Crippen LogP contribution in [0.5, 0.6) is 5.75 Å². The molecular weight excluding hydrogens is 344 g/mol. The van der Waals surface area contributed by atoms with Crippen LogP contribution < -0.4 is 4.74 Å². The summed E-state index contributed by atoms with van der Waals surface area (Å²) in [5, 5.41) is 2.08. The molecule has 1 saturated heterocycles. The molecule has 2 aliphatic rings. The number of hydrogen-bond donors (Lipinski definition) is 0. The normalized spacial score (nSPS) is 22.7. The van der Waals surface area contributed by atoms with Crippen molar-refractivity contribution in [2.75, 3.05) is 6.61 Å². The van der Waals surface area contributed by atoms with E-state index in [1.165, 1.54) is 0 Å². The Bertz CT molecular complexity index is 879. The predicted molar refractivity (Wildman–Crippen MR) is 100 cm³/mol. The second kappa shape index (κ2) is 8.03. The second-order valence-electron chi connectivity index (χ2n) is 6.95. The zero-order chi connectivity index (χ0) is 18.6. The number of rotatable bonds is 5. The van der Waals surface area contributed by atoms with Gasteiger partial charge < -0.3 is 14.2 Å². The molecule has 2 aromatic carbocycles. The molecule has 0 amide bonds. The van der Waals surface area contributed by atoms with E-state index >= 15 is 0 Å². The SMILES string of the molecule is O=C(CC1=C[C@H](O[C@@H]2CCCCO2)CC1=O)Oc1ccc2ccccc2c1. The van der Waals surface area contributed by atoms with Crippen LogP contribution in [-0.2, 0) is 19.1 Å². The van der Waals surface area contributed by atoms with Gasteiger partial charge in [-0.05, 0) is 48.2 Å². The quantitative estimate of drug-likeness (QED) is 0.592. The largest absolute Gasteiger partial charge is 0.426 e. The van der Waals surface area contributed by atoms with Crippen LogP contribution in [0, 0.1) is 0 Å². The molecule has 0 radical (unpaired) electrons. The summed E-state index contributed by atoms with van der Waals surface area (Å²) in [6.07, 6.45) is 4.35. The van der Waals surface area contributed by atoms with Crippen LogP contribution in [0.2, 0.25) is 0 Å². The van der Waals surface area contributed by atoms with Gasteiger partial charge in [0.1, 0.15) is 5.75 Å². The fourth-order valence-corrected chi connectivity index (χ4v) is 3.50. The summed E-state index contributed by atoms with van der Waals surface area (Å²) in [5.41, 5.74) is 0.460. The van der Waals surface area contributed by atoms with Gasteiger partial charge in [0.2, 0.25) is 0 Å². The van der Waals surface area contributed by atoms with Crippen LogP contribution in [0.25, 0.3) is 10.8 Å². The molecule has 0 aromatic heterocycles. The molecule has 0 N–H and O–H groups in total. The van der Waals surface area contributed by atoms with E-state index in [1.807, 2.05) is 36.4 Å². The zero-order valence-corrected chi connectivity index (χ0v) is 15.1. The monoisotopic (exact) mass is 366 g/mol. The van der Waals surface area contributed by atoms with E-state index in [2.05, 4.69) is 0 Å². The minimum atomic E-state index is -0.445. The highest BCUT2D eigenvalue weighted by Crippen LogP contribution is 2.26. The van der Waals surface area contributed by atoms with E-state index in [0.717, 1.165) is 30.0 Å². The summed E-state index contributed by atoms with van der Waals surface area (Å²) in [5.74, 6) is -0.0288. The van der Waals surface area contributed by atoms with E-state index in [0.29, 0.717) is 17.9 Å². The maximum atomic E-state index is 12.3. The molecule has 2 aromatic rings. The molecule has 1 fully saturated rings. The molecule has 140 valence electrons. The number of esters is 1. The molecule has 5 nitrogen and oxygen atoms in total. The van der Waals surface area contributed by atoms with E-state index < -0.39 is 5.97 Å². The van der Waals surface area contributed by atoms with Gasteiger partial charge in [0, 0.05) is 18.6 Å². The van der Waals surface area contributed by atoms with Gasteiger partial charge in [-0.2, -0.15) is 0 Å². The smallest absolute Gasteiger partial charge is 0.315 e. The number of fused-ring (bicyclic) bond motifs is 1. The lowest BCUT2D eigenvalue weighted by molar-refractivity contribution is -0.178. The van der Waals surface area contributed by atoms with Gasteiger partial charge in [0.15, 0.2) is 12.1 Å². The van der Waals surface area contributed by atoms with Gasteiger partial charge in [-0.1, -0.05) is 30.3 Å². The fraction of sp³-hybridized carbons (Fsp3) is 0.364. The first-order valence-corrected chi connectivity index (χ1v) is 9.38. The lowest BCUT2D eigenvalue weighted by atomic mass is 10.1. The zero-order valence-electron chi connectivity index (χ0n) is 15.1. The molecule has 27 heavy (non-hydrogen) atoms. The van der Waals surface area contributed by atoms with Crippen molar-refractivity contribution in [3.63, 3.8) is 0 Å². The van der Waals surface area contributed by atoms with Crippen LogP contribution in [0.15, 0.2) is 54.1 Å². The first-order valence-electron chi connectivity index (χ1n) is 9.38. The van der Waals surface area contributed by atoms with Gasteiger partial charge in [-0.3, -0.25) is 9.59 Å². The number of carbonyl (C=O) groups is 2. The molecule has 5 heteroatoms. The number of carbonyl (C=O) groups excluding carboxylic acids is 2. The fourth-order valence-electron chi connectivity index (χ4n) is 3.50. The topological polar surface area (TPSA) is 61.8 Å². The molecule has 4 rings (SSSR count). The number of benzene rings is 2. The Balaban J connectivity index is 1.36. The van der Waals surface area contributed by atoms with Crippen molar-refractivity contribution in [1.29, 1.82) is 0 Å². The third kappa shape index (κ3) is 4.43. The summed E-state index contributed by atoms with van der Waals surface area (Å²) < 4.78 is 16.8. The van der Waals surface area contributed by atoms with Gasteiger partial charge in [0.25, 0.3) is 0 Å². The van der Waals surface area contributed by atoms with E-state index in [-0.39, 0.29) is 31.0 Å².